The summed E-state index contributed by atoms with van der Waals surface area (Å²) < 4.78 is 1.86. The lowest BCUT2D eigenvalue weighted by molar-refractivity contribution is 0.177. The highest BCUT2D eigenvalue weighted by atomic mass is 16.3. The predicted molar refractivity (Wildman–Crippen MR) is 60.7 cm³/mol. The van der Waals surface area contributed by atoms with Crippen LogP contribution in [0.2, 0.25) is 0 Å². The molecule has 1 rings (SSSR count). The fourth-order valence-electron chi connectivity index (χ4n) is 1.65. The van der Waals surface area contributed by atoms with Gasteiger partial charge in [0.15, 0.2) is 0 Å². The van der Waals surface area contributed by atoms with Gasteiger partial charge in [0.05, 0.1) is 12.8 Å². The van der Waals surface area contributed by atoms with Crippen molar-refractivity contribution in [2.24, 2.45) is 7.05 Å². The molecule has 0 spiro atoms. The molecular weight excluding hydrogens is 190 g/mol. The number of aromatic nitrogens is 2. The third-order valence-electron chi connectivity index (χ3n) is 2.74. The lowest BCUT2D eigenvalue weighted by Gasteiger charge is -2.28. The Morgan fingerprint density at radius 2 is 2.20 bits per heavy atom. The quantitative estimate of drug-likeness (QED) is 0.785. The first kappa shape index (κ1) is 12.2. The fraction of sp³-hybridized carbons (Fsp3) is 0.727. The molecule has 1 aromatic heterocycles. The van der Waals surface area contributed by atoms with Crippen LogP contribution in [0.3, 0.4) is 0 Å². The van der Waals surface area contributed by atoms with E-state index in [0.717, 1.165) is 5.69 Å². The van der Waals surface area contributed by atoms with Gasteiger partial charge in [-0.1, -0.05) is 0 Å². The molecule has 0 amide bonds. The zero-order valence-electron chi connectivity index (χ0n) is 10.2. The predicted octanol–water partition coefficient (Wildman–Crippen LogP) is 1.15. The minimum Gasteiger partial charge on any atom is -0.394 e. The maximum Gasteiger partial charge on any atom is 0.0608 e. The molecule has 86 valence electrons. The Morgan fingerprint density at radius 3 is 2.60 bits per heavy atom. The maximum atomic E-state index is 9.18. The molecule has 0 saturated carbocycles. The molecule has 0 fully saturated rings. The smallest absolute Gasteiger partial charge is 0.0608 e. The van der Waals surface area contributed by atoms with E-state index in [4.69, 9.17) is 0 Å². The van der Waals surface area contributed by atoms with Gasteiger partial charge in [0.2, 0.25) is 0 Å². The molecule has 4 nitrogen and oxygen atoms in total. The molecule has 0 aliphatic rings. The van der Waals surface area contributed by atoms with Crippen molar-refractivity contribution in [2.75, 3.05) is 6.61 Å². The average Bonchev–Trinajstić information content (AvgIpc) is 2.47. The highest BCUT2D eigenvalue weighted by Crippen LogP contribution is 2.18. The molecule has 0 radical (unpaired) electrons. The van der Waals surface area contributed by atoms with Crippen molar-refractivity contribution in [2.45, 2.75) is 39.3 Å². The minimum absolute atomic E-state index is 0.122. The van der Waals surface area contributed by atoms with Crippen LogP contribution in [0.1, 0.15) is 38.1 Å². The lowest BCUT2D eigenvalue weighted by atomic mass is 10.0. The Morgan fingerprint density at radius 1 is 1.60 bits per heavy atom. The summed E-state index contributed by atoms with van der Waals surface area (Å²) in [5, 5.41) is 16.8. The van der Waals surface area contributed by atoms with Crippen LogP contribution in [0.5, 0.6) is 0 Å². The first-order valence-corrected chi connectivity index (χ1v) is 5.24. The van der Waals surface area contributed by atoms with E-state index < -0.39 is 0 Å². The van der Waals surface area contributed by atoms with Crippen LogP contribution in [0.15, 0.2) is 6.20 Å². The summed E-state index contributed by atoms with van der Waals surface area (Å²) in [6.07, 6.45) is 1.88. The van der Waals surface area contributed by atoms with Crippen LogP contribution >= 0.6 is 0 Å². The minimum atomic E-state index is -0.262. The molecule has 1 unspecified atom stereocenters. The van der Waals surface area contributed by atoms with Crippen LogP contribution in [0, 0.1) is 6.92 Å². The van der Waals surface area contributed by atoms with Gasteiger partial charge >= 0.3 is 0 Å². The Kier molecular flexibility index (Phi) is 3.52. The molecule has 0 bridgehead atoms. The molecule has 1 heterocycles. The standard InChI is InChI=1S/C11H21N3O/c1-8(13-11(3,4)7-15)10-6-12-14(5)9(10)2/h6,8,13,15H,7H2,1-5H3. The second-order valence-corrected chi connectivity index (χ2v) is 4.72. The van der Waals surface area contributed by atoms with Crippen molar-refractivity contribution in [1.82, 2.24) is 15.1 Å². The van der Waals surface area contributed by atoms with Gasteiger partial charge in [-0.3, -0.25) is 4.68 Å². The van der Waals surface area contributed by atoms with Crippen molar-refractivity contribution >= 4 is 0 Å². The number of aliphatic hydroxyl groups excluding tert-OH is 1. The van der Waals surface area contributed by atoms with Crippen LogP contribution in [0.25, 0.3) is 0 Å². The first-order valence-electron chi connectivity index (χ1n) is 5.24. The Labute approximate surface area is 91.3 Å². The maximum absolute atomic E-state index is 9.18. The Hall–Kier alpha value is -0.870. The largest absolute Gasteiger partial charge is 0.394 e. The van der Waals surface area contributed by atoms with Crippen molar-refractivity contribution in [3.8, 4) is 0 Å². The van der Waals surface area contributed by atoms with E-state index in [1.807, 2.05) is 38.7 Å². The number of nitrogens with one attached hydrogen (secondary N) is 1. The van der Waals surface area contributed by atoms with Crippen molar-refractivity contribution in [3.05, 3.63) is 17.5 Å². The van der Waals surface area contributed by atoms with E-state index in [9.17, 15) is 5.11 Å². The van der Waals surface area contributed by atoms with E-state index in [2.05, 4.69) is 17.3 Å². The number of nitrogens with zero attached hydrogens (tertiary/aromatic N) is 2. The normalized spacial score (nSPS) is 14.3. The van der Waals surface area contributed by atoms with E-state index >= 15 is 0 Å². The number of aliphatic hydroxyl groups is 1. The van der Waals surface area contributed by atoms with Gasteiger partial charge in [-0.15, -0.1) is 0 Å². The van der Waals surface area contributed by atoms with E-state index in [1.165, 1.54) is 5.56 Å². The van der Waals surface area contributed by atoms with Crippen LogP contribution < -0.4 is 5.32 Å². The number of hydrogen-bond donors (Lipinski definition) is 2. The fourth-order valence-corrected chi connectivity index (χ4v) is 1.65. The van der Waals surface area contributed by atoms with Gasteiger partial charge in [0.1, 0.15) is 0 Å². The number of aryl methyl sites for hydroxylation is 1. The molecule has 4 heteroatoms. The second kappa shape index (κ2) is 4.33. The molecule has 15 heavy (non-hydrogen) atoms. The second-order valence-electron chi connectivity index (χ2n) is 4.72. The summed E-state index contributed by atoms with van der Waals surface area (Å²) in [5.41, 5.74) is 2.07. The molecule has 0 saturated heterocycles. The van der Waals surface area contributed by atoms with E-state index in [1.54, 1.807) is 0 Å². The van der Waals surface area contributed by atoms with E-state index in [0.29, 0.717) is 0 Å². The Bertz CT molecular complexity index is 331. The number of hydrogen-bond acceptors (Lipinski definition) is 3. The molecule has 2 N–H and O–H groups in total. The third kappa shape index (κ3) is 2.79. The van der Waals surface area contributed by atoms with Crippen molar-refractivity contribution in [1.29, 1.82) is 0 Å². The molecule has 0 aliphatic carbocycles. The highest BCUT2D eigenvalue weighted by Gasteiger charge is 2.21. The highest BCUT2D eigenvalue weighted by molar-refractivity contribution is 5.20. The van der Waals surface area contributed by atoms with Gasteiger partial charge < -0.3 is 10.4 Å². The molecule has 0 aromatic carbocycles. The zero-order chi connectivity index (χ0) is 11.6. The van der Waals surface area contributed by atoms with Crippen LogP contribution in [-0.2, 0) is 7.05 Å². The molecule has 1 aromatic rings. The van der Waals surface area contributed by atoms with Gasteiger partial charge in [-0.25, -0.2) is 0 Å². The first-order chi connectivity index (χ1) is 6.87. The summed E-state index contributed by atoms with van der Waals surface area (Å²) in [6.45, 7) is 8.22. The topological polar surface area (TPSA) is 50.1 Å². The average molecular weight is 211 g/mol. The molecule has 1 atom stereocenters. The summed E-state index contributed by atoms with van der Waals surface area (Å²) in [7, 11) is 1.93. The zero-order valence-corrected chi connectivity index (χ0v) is 10.2. The molecule has 0 aliphatic heterocycles. The summed E-state index contributed by atoms with van der Waals surface area (Å²) in [5.74, 6) is 0. The lowest BCUT2D eigenvalue weighted by Crippen LogP contribution is -2.44. The summed E-state index contributed by atoms with van der Waals surface area (Å²) in [6, 6.07) is 0.195. The summed E-state index contributed by atoms with van der Waals surface area (Å²) >= 11 is 0. The van der Waals surface area contributed by atoms with Crippen LogP contribution in [0.4, 0.5) is 0 Å². The number of rotatable bonds is 4. The van der Waals surface area contributed by atoms with Crippen molar-refractivity contribution < 1.29 is 5.11 Å². The monoisotopic (exact) mass is 211 g/mol. The van der Waals surface area contributed by atoms with Gasteiger partial charge in [0, 0.05) is 29.9 Å². The van der Waals surface area contributed by atoms with Crippen LogP contribution in [-0.4, -0.2) is 27.0 Å². The Balaban J connectivity index is 2.77. The van der Waals surface area contributed by atoms with E-state index in [-0.39, 0.29) is 18.2 Å². The third-order valence-corrected chi connectivity index (χ3v) is 2.74. The van der Waals surface area contributed by atoms with Gasteiger partial charge in [-0.2, -0.15) is 5.10 Å². The SMILES string of the molecule is Cc1c(C(C)NC(C)(C)CO)cnn1C. The van der Waals surface area contributed by atoms with Gasteiger partial charge in [-0.05, 0) is 27.7 Å². The van der Waals surface area contributed by atoms with Crippen molar-refractivity contribution in [3.63, 3.8) is 0 Å². The molecular formula is C11H21N3O. The summed E-state index contributed by atoms with van der Waals surface area (Å²) in [4.78, 5) is 0. The van der Waals surface area contributed by atoms with Gasteiger partial charge in [0.25, 0.3) is 0 Å².